The third kappa shape index (κ3) is 4.02. The van der Waals surface area contributed by atoms with Crippen molar-refractivity contribution in [3.8, 4) is 5.88 Å². The van der Waals surface area contributed by atoms with E-state index < -0.39 is 10.0 Å². The maximum atomic E-state index is 13.0. The number of hydrogen-bond acceptors (Lipinski definition) is 5. The second-order valence-corrected chi connectivity index (χ2v) is 9.13. The molecule has 150 valence electrons. The quantitative estimate of drug-likeness (QED) is 0.765. The third-order valence-corrected chi connectivity index (χ3v) is 6.77. The highest BCUT2D eigenvalue weighted by atomic mass is 32.2. The lowest BCUT2D eigenvalue weighted by atomic mass is 10.1. The zero-order valence-corrected chi connectivity index (χ0v) is 17.4. The molecule has 3 rings (SSSR count). The Morgan fingerprint density at radius 1 is 1.21 bits per heavy atom. The predicted molar refractivity (Wildman–Crippen MR) is 106 cm³/mol. The van der Waals surface area contributed by atoms with E-state index in [1.165, 1.54) is 9.21 Å². The van der Waals surface area contributed by atoms with Crippen LogP contribution in [0.1, 0.15) is 27.9 Å². The summed E-state index contributed by atoms with van der Waals surface area (Å²) in [7, 11) is -0.267. The number of pyridine rings is 1. The van der Waals surface area contributed by atoms with E-state index in [9.17, 15) is 13.2 Å². The molecule has 0 saturated carbocycles. The molecular weight excluding hydrogens is 378 g/mol. The highest BCUT2D eigenvalue weighted by Crippen LogP contribution is 2.26. The zero-order valence-electron chi connectivity index (χ0n) is 16.5. The highest BCUT2D eigenvalue weighted by molar-refractivity contribution is 7.89. The lowest BCUT2D eigenvalue weighted by Crippen LogP contribution is -2.31. The van der Waals surface area contributed by atoms with Crippen molar-refractivity contribution in [1.82, 2.24) is 14.2 Å². The molecule has 0 radical (unpaired) electrons. The molecule has 1 atom stereocenters. The number of carbonyl (C=O) groups excluding carboxylic acids is 1. The van der Waals surface area contributed by atoms with Gasteiger partial charge in [0.2, 0.25) is 15.9 Å². The first kappa shape index (κ1) is 20.3. The Labute approximate surface area is 166 Å². The lowest BCUT2D eigenvalue weighted by Gasteiger charge is -2.19. The minimum atomic E-state index is -3.59. The Balaban J connectivity index is 1.76. The van der Waals surface area contributed by atoms with Crippen LogP contribution in [0, 0.1) is 13.8 Å². The van der Waals surface area contributed by atoms with Crippen molar-refractivity contribution in [1.29, 1.82) is 0 Å². The molecular formula is C20H25N3O4S. The number of hydrogen-bond donors (Lipinski definition) is 0. The van der Waals surface area contributed by atoms with Gasteiger partial charge in [0.05, 0.1) is 11.4 Å². The maximum absolute atomic E-state index is 13.0. The Morgan fingerprint density at radius 3 is 2.64 bits per heavy atom. The van der Waals surface area contributed by atoms with Crippen LogP contribution < -0.4 is 4.74 Å². The van der Waals surface area contributed by atoms with Crippen LogP contribution in [-0.2, 0) is 10.0 Å². The minimum Gasteiger partial charge on any atom is -0.472 e. The van der Waals surface area contributed by atoms with Crippen molar-refractivity contribution >= 4 is 15.9 Å². The van der Waals surface area contributed by atoms with Crippen LogP contribution in [0.25, 0.3) is 0 Å². The number of ether oxygens (including phenoxy) is 1. The number of aryl methyl sites for hydroxylation is 2. The first-order valence-corrected chi connectivity index (χ1v) is 10.5. The van der Waals surface area contributed by atoms with Crippen molar-refractivity contribution in [3.63, 3.8) is 0 Å². The van der Waals surface area contributed by atoms with Crippen LogP contribution in [0.3, 0.4) is 0 Å². The van der Waals surface area contributed by atoms with E-state index in [1.807, 2.05) is 19.9 Å². The van der Waals surface area contributed by atoms with Gasteiger partial charge in [-0.05, 0) is 55.7 Å². The lowest BCUT2D eigenvalue weighted by molar-refractivity contribution is 0.0818. The molecule has 1 unspecified atom stereocenters. The van der Waals surface area contributed by atoms with Gasteiger partial charge in [-0.15, -0.1) is 0 Å². The fourth-order valence-corrected chi connectivity index (χ4v) is 4.65. The summed E-state index contributed by atoms with van der Waals surface area (Å²) in [6.07, 6.45) is 1.74. The van der Waals surface area contributed by atoms with E-state index in [-0.39, 0.29) is 29.3 Å². The number of rotatable bonds is 5. The van der Waals surface area contributed by atoms with Crippen LogP contribution in [-0.4, -0.2) is 61.8 Å². The SMILES string of the molecule is Cc1ccc(S(=O)(=O)N2CCC(Oc3ncccc3C(=O)N(C)C)C2)cc1C. The molecule has 1 aliphatic rings. The summed E-state index contributed by atoms with van der Waals surface area (Å²) in [5.74, 6) is 0.0253. The van der Waals surface area contributed by atoms with Crippen molar-refractivity contribution in [2.75, 3.05) is 27.2 Å². The normalized spacial score (nSPS) is 17.5. The summed E-state index contributed by atoms with van der Waals surface area (Å²) >= 11 is 0. The average molecular weight is 404 g/mol. The van der Waals surface area contributed by atoms with Gasteiger partial charge in [0.1, 0.15) is 11.7 Å². The molecule has 7 nitrogen and oxygen atoms in total. The van der Waals surface area contributed by atoms with Gasteiger partial charge in [-0.2, -0.15) is 4.31 Å². The van der Waals surface area contributed by atoms with Gasteiger partial charge in [-0.3, -0.25) is 4.79 Å². The molecule has 0 spiro atoms. The van der Waals surface area contributed by atoms with E-state index in [0.717, 1.165) is 11.1 Å². The van der Waals surface area contributed by atoms with Crippen molar-refractivity contribution in [3.05, 3.63) is 53.2 Å². The van der Waals surface area contributed by atoms with Crippen LogP contribution in [0.15, 0.2) is 41.4 Å². The molecule has 0 N–H and O–H groups in total. The summed E-state index contributed by atoms with van der Waals surface area (Å²) in [5.41, 5.74) is 2.35. The minimum absolute atomic E-state index is 0.208. The predicted octanol–water partition coefficient (Wildman–Crippen LogP) is 2.24. The van der Waals surface area contributed by atoms with Gasteiger partial charge in [-0.25, -0.2) is 13.4 Å². The number of amides is 1. The molecule has 1 aromatic heterocycles. The van der Waals surface area contributed by atoms with Gasteiger partial charge in [0, 0.05) is 26.8 Å². The van der Waals surface area contributed by atoms with E-state index in [2.05, 4.69) is 4.98 Å². The molecule has 1 amide bonds. The van der Waals surface area contributed by atoms with Crippen LogP contribution in [0.2, 0.25) is 0 Å². The van der Waals surface area contributed by atoms with Gasteiger partial charge < -0.3 is 9.64 Å². The third-order valence-electron chi connectivity index (χ3n) is 4.91. The maximum Gasteiger partial charge on any atom is 0.258 e. The Hall–Kier alpha value is -2.45. The number of sulfonamides is 1. The largest absolute Gasteiger partial charge is 0.472 e. The molecule has 0 bridgehead atoms. The standard InChI is InChI=1S/C20H25N3O4S/c1-14-7-8-17(12-15(14)2)28(25,26)23-11-9-16(13-23)27-19-18(6-5-10-21-19)20(24)22(3)4/h5-8,10,12,16H,9,11,13H2,1-4H3. The van der Waals surface area contributed by atoms with Crippen molar-refractivity contribution < 1.29 is 17.9 Å². The van der Waals surface area contributed by atoms with Gasteiger partial charge in [0.15, 0.2) is 0 Å². The second kappa shape index (κ2) is 7.89. The van der Waals surface area contributed by atoms with Gasteiger partial charge in [0.25, 0.3) is 5.91 Å². The molecule has 0 aliphatic carbocycles. The Morgan fingerprint density at radius 2 is 1.96 bits per heavy atom. The first-order valence-electron chi connectivity index (χ1n) is 9.11. The number of nitrogens with zero attached hydrogens (tertiary/aromatic N) is 3. The Kier molecular flexibility index (Phi) is 5.71. The van der Waals surface area contributed by atoms with E-state index in [4.69, 9.17) is 4.74 Å². The fraction of sp³-hybridized carbons (Fsp3) is 0.400. The topological polar surface area (TPSA) is 79.8 Å². The average Bonchev–Trinajstić information content (AvgIpc) is 3.13. The van der Waals surface area contributed by atoms with E-state index >= 15 is 0 Å². The molecule has 1 aromatic carbocycles. The molecule has 1 saturated heterocycles. The Bertz CT molecular complexity index is 989. The fourth-order valence-electron chi connectivity index (χ4n) is 3.08. The van der Waals surface area contributed by atoms with E-state index in [0.29, 0.717) is 18.5 Å². The smallest absolute Gasteiger partial charge is 0.258 e. The number of carbonyl (C=O) groups is 1. The molecule has 1 aliphatic heterocycles. The zero-order chi connectivity index (χ0) is 20.5. The summed E-state index contributed by atoms with van der Waals surface area (Å²) in [4.78, 5) is 18.2. The van der Waals surface area contributed by atoms with Crippen molar-refractivity contribution in [2.45, 2.75) is 31.3 Å². The monoisotopic (exact) mass is 403 g/mol. The summed E-state index contributed by atoms with van der Waals surface area (Å²) in [6, 6.07) is 8.49. The van der Waals surface area contributed by atoms with Crippen LogP contribution >= 0.6 is 0 Å². The number of aromatic nitrogens is 1. The van der Waals surface area contributed by atoms with Gasteiger partial charge >= 0.3 is 0 Å². The van der Waals surface area contributed by atoms with Crippen LogP contribution in [0.5, 0.6) is 5.88 Å². The summed E-state index contributed by atoms with van der Waals surface area (Å²) in [6.45, 7) is 4.44. The molecule has 2 aromatic rings. The molecule has 8 heteroatoms. The summed E-state index contributed by atoms with van der Waals surface area (Å²) in [5, 5.41) is 0. The van der Waals surface area contributed by atoms with Gasteiger partial charge in [-0.1, -0.05) is 6.07 Å². The summed E-state index contributed by atoms with van der Waals surface area (Å²) < 4.78 is 33.3. The van der Waals surface area contributed by atoms with E-state index in [1.54, 1.807) is 44.6 Å². The molecule has 1 fully saturated rings. The molecule has 28 heavy (non-hydrogen) atoms. The van der Waals surface area contributed by atoms with Crippen molar-refractivity contribution in [2.24, 2.45) is 0 Å². The molecule has 2 heterocycles. The highest BCUT2D eigenvalue weighted by Gasteiger charge is 2.34. The van der Waals surface area contributed by atoms with Crippen LogP contribution in [0.4, 0.5) is 0 Å². The number of benzene rings is 1. The second-order valence-electron chi connectivity index (χ2n) is 7.19. The first-order chi connectivity index (χ1) is 13.2.